The highest BCUT2D eigenvalue weighted by atomic mass is 32.2. The van der Waals surface area contributed by atoms with E-state index in [1.807, 2.05) is 18.2 Å². The van der Waals surface area contributed by atoms with Crippen LogP contribution in [-0.4, -0.2) is 20.1 Å². The topological polar surface area (TPSA) is 63.2 Å². The number of sulfone groups is 1. The van der Waals surface area contributed by atoms with Crippen LogP contribution in [0.4, 0.5) is 14.5 Å². The molecule has 25 heavy (non-hydrogen) atoms. The second-order valence-corrected chi connectivity index (χ2v) is 7.85. The van der Waals surface area contributed by atoms with Gasteiger partial charge in [0.15, 0.2) is 0 Å². The first-order valence-electron chi connectivity index (χ1n) is 7.94. The minimum Gasteiger partial charge on any atom is -0.322 e. The van der Waals surface area contributed by atoms with Crippen molar-refractivity contribution in [3.8, 4) is 0 Å². The molecule has 2 aromatic carbocycles. The highest BCUT2D eigenvalue weighted by Gasteiger charge is 2.26. The summed E-state index contributed by atoms with van der Waals surface area (Å²) in [6.45, 7) is 0. The summed E-state index contributed by atoms with van der Waals surface area (Å²) < 4.78 is 47.9. The van der Waals surface area contributed by atoms with Crippen molar-refractivity contribution in [3.05, 3.63) is 59.2 Å². The van der Waals surface area contributed by atoms with Crippen LogP contribution in [0, 0.1) is 0 Å². The number of amides is 1. The third kappa shape index (κ3) is 3.56. The molecule has 1 aliphatic carbocycles. The van der Waals surface area contributed by atoms with Crippen LogP contribution in [0.2, 0.25) is 0 Å². The van der Waals surface area contributed by atoms with Gasteiger partial charge in [0, 0.05) is 11.3 Å². The minimum absolute atomic E-state index is 0.210. The molecule has 0 atom stereocenters. The van der Waals surface area contributed by atoms with E-state index in [2.05, 4.69) is 5.32 Å². The van der Waals surface area contributed by atoms with Crippen LogP contribution in [0.15, 0.2) is 47.4 Å². The summed E-state index contributed by atoms with van der Waals surface area (Å²) in [7, 11) is -4.66. The quantitative estimate of drug-likeness (QED) is 0.896. The van der Waals surface area contributed by atoms with Gasteiger partial charge in [-0.3, -0.25) is 4.79 Å². The molecule has 1 amide bonds. The monoisotopic (exact) mass is 365 g/mol. The Hall–Kier alpha value is -2.28. The highest BCUT2D eigenvalue weighted by Crippen LogP contribution is 2.28. The van der Waals surface area contributed by atoms with E-state index >= 15 is 0 Å². The van der Waals surface area contributed by atoms with Gasteiger partial charge < -0.3 is 5.32 Å². The van der Waals surface area contributed by atoms with E-state index in [9.17, 15) is 22.0 Å². The standard InChI is InChI=1S/C18H17F2NO3S/c19-18(20)25(23,24)14-10-8-13(9-11-14)17(22)21-16-7-3-5-12-4-1-2-6-15(12)16/h3,5,7-11,18H,1-2,4,6H2,(H,21,22). The summed E-state index contributed by atoms with van der Waals surface area (Å²) in [6, 6.07) is 10.3. The Morgan fingerprint density at radius 3 is 2.36 bits per heavy atom. The molecule has 0 spiro atoms. The van der Waals surface area contributed by atoms with Crippen LogP contribution in [-0.2, 0) is 22.7 Å². The van der Waals surface area contributed by atoms with Gasteiger partial charge in [-0.25, -0.2) is 8.42 Å². The summed E-state index contributed by atoms with van der Waals surface area (Å²) in [5.74, 6) is -3.89. The van der Waals surface area contributed by atoms with Crippen LogP contribution in [0.1, 0.15) is 34.3 Å². The Balaban J connectivity index is 1.81. The van der Waals surface area contributed by atoms with Crippen LogP contribution in [0.3, 0.4) is 0 Å². The summed E-state index contributed by atoms with van der Waals surface area (Å²) in [4.78, 5) is 11.9. The van der Waals surface area contributed by atoms with Crippen molar-refractivity contribution < 1.29 is 22.0 Å². The van der Waals surface area contributed by atoms with Gasteiger partial charge >= 0.3 is 5.76 Å². The van der Waals surface area contributed by atoms with Crippen molar-refractivity contribution >= 4 is 21.4 Å². The molecule has 0 radical (unpaired) electrons. The van der Waals surface area contributed by atoms with Crippen molar-refractivity contribution in [2.75, 3.05) is 5.32 Å². The smallest absolute Gasteiger partial charge is 0.322 e. The van der Waals surface area contributed by atoms with Crippen LogP contribution in [0.25, 0.3) is 0 Å². The van der Waals surface area contributed by atoms with Gasteiger partial charge in [-0.2, -0.15) is 8.78 Å². The Bertz CT molecular complexity index is 893. The first kappa shape index (κ1) is 17.5. The number of anilines is 1. The third-order valence-electron chi connectivity index (χ3n) is 4.32. The van der Waals surface area contributed by atoms with Gasteiger partial charge in [0.05, 0.1) is 4.90 Å². The average molecular weight is 365 g/mol. The summed E-state index contributed by atoms with van der Waals surface area (Å²) >= 11 is 0. The lowest BCUT2D eigenvalue weighted by atomic mass is 9.90. The normalized spacial score (nSPS) is 14.2. The summed E-state index contributed by atoms with van der Waals surface area (Å²) in [5, 5.41) is 2.83. The third-order valence-corrected chi connectivity index (χ3v) is 5.72. The van der Waals surface area contributed by atoms with E-state index in [0.717, 1.165) is 49.1 Å². The molecule has 2 aromatic rings. The first-order chi connectivity index (χ1) is 11.9. The molecule has 0 saturated heterocycles. The van der Waals surface area contributed by atoms with Crippen molar-refractivity contribution in [3.63, 3.8) is 0 Å². The molecular formula is C18H17F2NO3S. The van der Waals surface area contributed by atoms with Crippen LogP contribution in [0.5, 0.6) is 0 Å². The second kappa shape index (κ2) is 6.92. The molecule has 0 bridgehead atoms. The Labute approximate surface area is 144 Å². The predicted molar refractivity (Wildman–Crippen MR) is 90.7 cm³/mol. The fraction of sp³-hybridized carbons (Fsp3) is 0.278. The van der Waals surface area contributed by atoms with E-state index < -0.39 is 26.4 Å². The summed E-state index contributed by atoms with van der Waals surface area (Å²) in [5.41, 5.74) is 3.30. The number of halogens is 2. The van der Waals surface area contributed by atoms with Gasteiger partial charge in [0.2, 0.25) is 9.84 Å². The van der Waals surface area contributed by atoms with Crippen molar-refractivity contribution in [2.24, 2.45) is 0 Å². The Morgan fingerprint density at radius 2 is 1.68 bits per heavy atom. The highest BCUT2D eigenvalue weighted by molar-refractivity contribution is 7.91. The molecule has 1 aliphatic rings. The number of carbonyl (C=O) groups is 1. The molecule has 0 heterocycles. The maximum atomic E-state index is 12.5. The maximum absolute atomic E-state index is 12.5. The van der Waals surface area contributed by atoms with E-state index in [1.165, 1.54) is 17.7 Å². The fourth-order valence-corrected chi connectivity index (χ4v) is 3.71. The first-order valence-corrected chi connectivity index (χ1v) is 9.48. The lowest BCUT2D eigenvalue weighted by Gasteiger charge is -2.19. The maximum Gasteiger partial charge on any atom is 0.341 e. The molecular weight excluding hydrogens is 348 g/mol. The molecule has 0 aliphatic heterocycles. The van der Waals surface area contributed by atoms with Gasteiger partial charge in [-0.1, -0.05) is 12.1 Å². The Morgan fingerprint density at radius 1 is 1.00 bits per heavy atom. The second-order valence-electron chi connectivity index (χ2n) is 5.93. The molecule has 1 N–H and O–H groups in total. The zero-order chi connectivity index (χ0) is 18.0. The number of carbonyl (C=O) groups excluding carboxylic acids is 1. The van der Waals surface area contributed by atoms with Gasteiger partial charge in [-0.15, -0.1) is 0 Å². The molecule has 0 unspecified atom stereocenters. The number of benzene rings is 2. The predicted octanol–water partition coefficient (Wildman–Crippen LogP) is 3.81. The number of alkyl halides is 2. The van der Waals surface area contributed by atoms with E-state index in [-0.39, 0.29) is 5.56 Å². The SMILES string of the molecule is O=C(Nc1cccc2c1CCCC2)c1ccc(S(=O)(=O)C(F)F)cc1. The minimum atomic E-state index is -4.66. The number of nitrogens with one attached hydrogen (secondary N) is 1. The number of fused-ring (bicyclic) bond motifs is 1. The van der Waals surface area contributed by atoms with Crippen molar-refractivity contribution in [1.82, 2.24) is 0 Å². The zero-order valence-corrected chi connectivity index (χ0v) is 14.2. The number of rotatable bonds is 4. The van der Waals surface area contributed by atoms with E-state index in [0.29, 0.717) is 0 Å². The van der Waals surface area contributed by atoms with Crippen molar-refractivity contribution in [2.45, 2.75) is 36.3 Å². The summed E-state index contributed by atoms with van der Waals surface area (Å²) in [6.07, 6.45) is 4.08. The van der Waals surface area contributed by atoms with Crippen molar-refractivity contribution in [1.29, 1.82) is 0 Å². The molecule has 7 heteroatoms. The molecule has 132 valence electrons. The molecule has 0 saturated carbocycles. The molecule has 0 fully saturated rings. The molecule has 4 nitrogen and oxygen atoms in total. The average Bonchev–Trinajstić information content (AvgIpc) is 2.62. The molecule has 0 aromatic heterocycles. The number of hydrogen-bond donors (Lipinski definition) is 1. The van der Waals surface area contributed by atoms with Crippen LogP contribution < -0.4 is 5.32 Å². The van der Waals surface area contributed by atoms with Gasteiger partial charge in [0.25, 0.3) is 5.91 Å². The zero-order valence-electron chi connectivity index (χ0n) is 13.3. The van der Waals surface area contributed by atoms with Gasteiger partial charge in [0.1, 0.15) is 0 Å². The van der Waals surface area contributed by atoms with Crippen LogP contribution >= 0.6 is 0 Å². The lowest BCUT2D eigenvalue weighted by Crippen LogP contribution is -2.16. The fourth-order valence-electron chi connectivity index (χ4n) is 2.99. The largest absolute Gasteiger partial charge is 0.341 e. The van der Waals surface area contributed by atoms with Gasteiger partial charge in [-0.05, 0) is 67.1 Å². The number of hydrogen-bond acceptors (Lipinski definition) is 3. The number of aryl methyl sites for hydroxylation is 1. The molecule has 3 rings (SSSR count). The van der Waals surface area contributed by atoms with E-state index in [1.54, 1.807) is 0 Å². The lowest BCUT2D eigenvalue weighted by molar-refractivity contribution is 0.102. The Kier molecular flexibility index (Phi) is 4.85. The van der Waals surface area contributed by atoms with E-state index in [4.69, 9.17) is 0 Å².